The number of fused-ring (bicyclic) bond motifs is 1. The molecule has 0 spiro atoms. The molecule has 1 aliphatic heterocycles. The lowest BCUT2D eigenvalue weighted by Gasteiger charge is -2.19. The van der Waals surface area contributed by atoms with Crippen LogP contribution in [-0.4, -0.2) is 38.6 Å². The smallest absolute Gasteiger partial charge is 0.349 e. The van der Waals surface area contributed by atoms with Crippen LogP contribution >= 0.6 is 0 Å². The molecule has 8 heteroatoms. The molecule has 1 N–H and O–H groups in total. The number of hydrogen-bond acceptors (Lipinski definition) is 6. The van der Waals surface area contributed by atoms with Gasteiger partial charge in [0, 0.05) is 30.1 Å². The lowest BCUT2D eigenvalue weighted by Crippen LogP contribution is -2.39. The van der Waals surface area contributed by atoms with Crippen molar-refractivity contribution in [2.24, 2.45) is 0 Å². The molecule has 0 aliphatic carbocycles. The molecular weight excluding hydrogens is 388 g/mol. The van der Waals surface area contributed by atoms with Crippen LogP contribution in [0.15, 0.2) is 57.7 Å². The molecular formula is C22H20N2O6. The molecule has 1 aromatic heterocycles. The van der Waals surface area contributed by atoms with Crippen LogP contribution in [0.5, 0.6) is 11.5 Å². The van der Waals surface area contributed by atoms with Crippen molar-refractivity contribution in [1.29, 1.82) is 0 Å². The van der Waals surface area contributed by atoms with Gasteiger partial charge in [-0.3, -0.25) is 9.59 Å². The second-order valence-corrected chi connectivity index (χ2v) is 6.90. The summed E-state index contributed by atoms with van der Waals surface area (Å²) < 4.78 is 15.7. The highest BCUT2D eigenvalue weighted by Gasteiger charge is 2.32. The maximum Gasteiger partial charge on any atom is 0.349 e. The Labute approximate surface area is 172 Å². The van der Waals surface area contributed by atoms with Crippen molar-refractivity contribution >= 4 is 28.5 Å². The lowest BCUT2D eigenvalue weighted by molar-refractivity contribution is -0.117. The average Bonchev–Trinajstić information content (AvgIpc) is 3.12. The Hall–Kier alpha value is -3.81. The van der Waals surface area contributed by atoms with Crippen LogP contribution in [0.3, 0.4) is 0 Å². The Morgan fingerprint density at radius 2 is 1.83 bits per heavy atom. The van der Waals surface area contributed by atoms with Crippen molar-refractivity contribution in [3.63, 3.8) is 0 Å². The van der Waals surface area contributed by atoms with Crippen LogP contribution in [0.2, 0.25) is 0 Å². The third-order valence-corrected chi connectivity index (χ3v) is 5.03. The van der Waals surface area contributed by atoms with E-state index in [1.165, 1.54) is 20.3 Å². The predicted octanol–water partition coefficient (Wildman–Crippen LogP) is 2.35. The normalized spacial score (nSPS) is 16.0. The van der Waals surface area contributed by atoms with Crippen molar-refractivity contribution in [3.8, 4) is 11.5 Å². The van der Waals surface area contributed by atoms with Gasteiger partial charge in [0.05, 0.1) is 20.3 Å². The maximum absolute atomic E-state index is 12.7. The van der Waals surface area contributed by atoms with E-state index in [-0.39, 0.29) is 24.4 Å². The van der Waals surface area contributed by atoms with Gasteiger partial charge in [-0.25, -0.2) is 4.79 Å². The molecule has 1 aliphatic rings. The minimum atomic E-state index is -0.715. The van der Waals surface area contributed by atoms with Gasteiger partial charge in [-0.2, -0.15) is 0 Å². The number of amides is 2. The van der Waals surface area contributed by atoms with Crippen molar-refractivity contribution in [1.82, 2.24) is 5.32 Å². The zero-order valence-corrected chi connectivity index (χ0v) is 16.5. The zero-order valence-electron chi connectivity index (χ0n) is 16.5. The van der Waals surface area contributed by atoms with E-state index in [1.807, 2.05) is 0 Å². The topological polar surface area (TPSA) is 98.1 Å². The molecule has 2 aromatic carbocycles. The number of nitrogens with zero attached hydrogens (tertiary/aromatic N) is 1. The second kappa shape index (κ2) is 7.90. The van der Waals surface area contributed by atoms with E-state index in [1.54, 1.807) is 47.4 Å². The highest BCUT2D eigenvalue weighted by atomic mass is 16.5. The number of rotatable bonds is 5. The van der Waals surface area contributed by atoms with E-state index in [0.29, 0.717) is 28.2 Å². The quantitative estimate of drug-likeness (QED) is 0.651. The first-order valence-electron chi connectivity index (χ1n) is 9.36. The highest BCUT2D eigenvalue weighted by Crippen LogP contribution is 2.33. The summed E-state index contributed by atoms with van der Waals surface area (Å²) in [5, 5.41) is 3.41. The molecule has 1 saturated heterocycles. The second-order valence-electron chi connectivity index (χ2n) is 6.90. The largest absolute Gasteiger partial charge is 0.493 e. The predicted molar refractivity (Wildman–Crippen MR) is 110 cm³/mol. The fraction of sp³-hybridized carbons (Fsp3) is 0.227. The number of para-hydroxylation sites is 1. The van der Waals surface area contributed by atoms with Crippen LogP contribution < -0.4 is 25.3 Å². The summed E-state index contributed by atoms with van der Waals surface area (Å²) in [6.45, 7) is 0.277. The Balaban J connectivity index is 1.52. The summed E-state index contributed by atoms with van der Waals surface area (Å²) in [6.07, 6.45) is 0.124. The SMILES string of the molecule is COc1ccc(N2C[C@@H](NC(=O)c3cc4ccccc4oc3=O)CC2=O)cc1OC. The van der Waals surface area contributed by atoms with E-state index < -0.39 is 17.6 Å². The molecule has 3 aromatic rings. The Morgan fingerprint density at radius 1 is 1.07 bits per heavy atom. The first-order chi connectivity index (χ1) is 14.5. The van der Waals surface area contributed by atoms with Crippen molar-refractivity contribution in [2.75, 3.05) is 25.7 Å². The summed E-state index contributed by atoms with van der Waals surface area (Å²) in [7, 11) is 3.05. The van der Waals surface area contributed by atoms with Gasteiger partial charge >= 0.3 is 5.63 Å². The Bertz CT molecular complexity index is 1190. The van der Waals surface area contributed by atoms with Crippen LogP contribution in [0.4, 0.5) is 5.69 Å². The van der Waals surface area contributed by atoms with Gasteiger partial charge in [-0.1, -0.05) is 18.2 Å². The number of methoxy groups -OCH3 is 2. The van der Waals surface area contributed by atoms with Gasteiger partial charge in [0.1, 0.15) is 11.1 Å². The molecule has 30 heavy (non-hydrogen) atoms. The number of anilines is 1. The lowest BCUT2D eigenvalue weighted by atomic mass is 10.1. The number of carbonyl (C=O) groups is 2. The van der Waals surface area contributed by atoms with Gasteiger partial charge < -0.3 is 24.1 Å². The van der Waals surface area contributed by atoms with Gasteiger partial charge in [0.25, 0.3) is 5.91 Å². The van der Waals surface area contributed by atoms with E-state index in [4.69, 9.17) is 13.9 Å². The molecule has 0 radical (unpaired) electrons. The number of carbonyl (C=O) groups excluding carboxylic acids is 2. The monoisotopic (exact) mass is 408 g/mol. The van der Waals surface area contributed by atoms with E-state index >= 15 is 0 Å². The molecule has 1 fully saturated rings. The van der Waals surface area contributed by atoms with Gasteiger partial charge in [0.15, 0.2) is 11.5 Å². The van der Waals surface area contributed by atoms with Crippen molar-refractivity contribution < 1.29 is 23.5 Å². The number of nitrogens with one attached hydrogen (secondary N) is 1. The third kappa shape index (κ3) is 3.59. The van der Waals surface area contributed by atoms with Gasteiger partial charge in [-0.15, -0.1) is 0 Å². The van der Waals surface area contributed by atoms with Gasteiger partial charge in [0.2, 0.25) is 5.91 Å². The van der Waals surface area contributed by atoms with Crippen molar-refractivity contribution in [2.45, 2.75) is 12.5 Å². The Kier molecular flexibility index (Phi) is 5.14. The Morgan fingerprint density at radius 3 is 2.60 bits per heavy atom. The molecule has 2 amide bonds. The maximum atomic E-state index is 12.7. The van der Waals surface area contributed by atoms with E-state index in [0.717, 1.165) is 0 Å². The summed E-state index contributed by atoms with van der Waals surface area (Å²) in [4.78, 5) is 38.9. The molecule has 0 bridgehead atoms. The molecule has 8 nitrogen and oxygen atoms in total. The number of ether oxygens (including phenoxy) is 2. The summed E-state index contributed by atoms with van der Waals surface area (Å²) in [5.41, 5.74) is 0.243. The van der Waals surface area contributed by atoms with E-state index in [2.05, 4.69) is 5.32 Å². The molecule has 1 atom stereocenters. The van der Waals surface area contributed by atoms with Crippen LogP contribution in [0.25, 0.3) is 11.0 Å². The highest BCUT2D eigenvalue weighted by molar-refractivity contribution is 6.00. The standard InChI is InChI=1S/C22H20N2O6/c1-28-18-8-7-15(11-19(18)29-2)24-12-14(10-20(24)25)23-21(26)16-9-13-5-3-4-6-17(13)30-22(16)27/h3-9,11,14H,10,12H2,1-2H3,(H,23,26)/t14-/m0/s1. The van der Waals surface area contributed by atoms with Crippen molar-refractivity contribution in [3.05, 3.63) is 64.5 Å². The number of hydrogen-bond donors (Lipinski definition) is 1. The molecule has 4 rings (SSSR count). The van der Waals surface area contributed by atoms with Crippen LogP contribution in [0.1, 0.15) is 16.8 Å². The molecule has 0 saturated carbocycles. The fourth-order valence-electron chi connectivity index (χ4n) is 3.53. The van der Waals surface area contributed by atoms with E-state index in [9.17, 15) is 14.4 Å². The summed E-state index contributed by atoms with van der Waals surface area (Å²) in [6, 6.07) is 13.2. The summed E-state index contributed by atoms with van der Waals surface area (Å²) >= 11 is 0. The first-order valence-corrected chi connectivity index (χ1v) is 9.36. The summed E-state index contributed by atoms with van der Waals surface area (Å²) in [5.74, 6) is 0.351. The number of benzene rings is 2. The average molecular weight is 408 g/mol. The van der Waals surface area contributed by atoms with Crippen LogP contribution in [0, 0.1) is 0 Å². The molecule has 154 valence electrons. The molecule has 2 heterocycles. The zero-order chi connectivity index (χ0) is 21.3. The minimum Gasteiger partial charge on any atom is -0.493 e. The first kappa shape index (κ1) is 19.5. The fourth-order valence-corrected chi connectivity index (χ4v) is 3.53. The molecule has 0 unspecified atom stereocenters. The van der Waals surface area contributed by atoms with Crippen LogP contribution in [-0.2, 0) is 4.79 Å². The van der Waals surface area contributed by atoms with Gasteiger partial charge in [-0.05, 0) is 24.3 Å². The minimum absolute atomic E-state index is 0.0919. The third-order valence-electron chi connectivity index (χ3n) is 5.03.